The standard InChI is InChI=1S/C10H16N2O4/c1-16-8(9(13)14)6-11-10(15)12-7-4-2-3-5-7/h2-3,7-8H,4-6H2,1H3,(H,13,14)(H2,11,12,15). The van der Waals surface area contributed by atoms with Gasteiger partial charge in [0.25, 0.3) is 0 Å². The highest BCUT2D eigenvalue weighted by atomic mass is 16.5. The molecule has 6 heteroatoms. The normalized spacial score (nSPS) is 17.1. The van der Waals surface area contributed by atoms with Gasteiger partial charge in [0.15, 0.2) is 6.10 Å². The van der Waals surface area contributed by atoms with Crippen molar-refractivity contribution in [2.45, 2.75) is 25.0 Å². The summed E-state index contributed by atoms with van der Waals surface area (Å²) in [6, 6.07) is -0.247. The zero-order valence-electron chi connectivity index (χ0n) is 9.10. The molecule has 1 aliphatic rings. The van der Waals surface area contributed by atoms with Gasteiger partial charge in [0.05, 0.1) is 6.54 Å². The van der Waals surface area contributed by atoms with Crippen LogP contribution >= 0.6 is 0 Å². The Morgan fingerprint density at radius 3 is 2.62 bits per heavy atom. The highest BCUT2D eigenvalue weighted by Gasteiger charge is 2.18. The largest absolute Gasteiger partial charge is 0.479 e. The zero-order chi connectivity index (χ0) is 12.0. The molecule has 0 aliphatic heterocycles. The lowest BCUT2D eigenvalue weighted by Gasteiger charge is -2.15. The van der Waals surface area contributed by atoms with Gasteiger partial charge in [-0.05, 0) is 12.8 Å². The number of methoxy groups -OCH3 is 1. The number of hydrogen-bond acceptors (Lipinski definition) is 3. The molecular weight excluding hydrogens is 212 g/mol. The van der Waals surface area contributed by atoms with Crippen molar-refractivity contribution in [2.75, 3.05) is 13.7 Å². The van der Waals surface area contributed by atoms with Crippen molar-refractivity contribution in [2.24, 2.45) is 0 Å². The molecule has 3 N–H and O–H groups in total. The molecule has 1 aliphatic carbocycles. The lowest BCUT2D eigenvalue weighted by atomic mass is 10.2. The second kappa shape index (κ2) is 6.12. The Kier molecular flexibility index (Phi) is 4.78. The Labute approximate surface area is 93.7 Å². The number of nitrogens with one attached hydrogen (secondary N) is 2. The van der Waals surface area contributed by atoms with Gasteiger partial charge in [-0.1, -0.05) is 12.2 Å². The molecule has 0 aromatic heterocycles. The molecule has 1 unspecified atom stereocenters. The molecule has 0 bridgehead atoms. The second-order valence-electron chi connectivity index (χ2n) is 3.56. The second-order valence-corrected chi connectivity index (χ2v) is 3.56. The summed E-state index contributed by atoms with van der Waals surface area (Å²) in [5.41, 5.74) is 0. The van der Waals surface area contributed by atoms with E-state index in [0.29, 0.717) is 0 Å². The van der Waals surface area contributed by atoms with E-state index >= 15 is 0 Å². The van der Waals surface area contributed by atoms with Gasteiger partial charge in [0.2, 0.25) is 0 Å². The number of aliphatic carboxylic acids is 1. The SMILES string of the molecule is COC(CNC(=O)NC1CC=CC1)C(=O)O. The molecule has 2 amide bonds. The minimum absolute atomic E-state index is 0.0438. The molecule has 90 valence electrons. The summed E-state index contributed by atoms with van der Waals surface area (Å²) in [6.45, 7) is -0.0438. The number of amides is 2. The number of carboxylic acid groups (broad SMARTS) is 1. The minimum Gasteiger partial charge on any atom is -0.479 e. The van der Waals surface area contributed by atoms with Crippen LogP contribution < -0.4 is 10.6 Å². The van der Waals surface area contributed by atoms with E-state index in [4.69, 9.17) is 5.11 Å². The van der Waals surface area contributed by atoms with Crippen LogP contribution in [0.1, 0.15) is 12.8 Å². The fourth-order valence-corrected chi connectivity index (χ4v) is 1.43. The Morgan fingerprint density at radius 2 is 2.12 bits per heavy atom. The average molecular weight is 228 g/mol. The van der Waals surface area contributed by atoms with Gasteiger partial charge in [-0.2, -0.15) is 0 Å². The molecule has 0 heterocycles. The maximum absolute atomic E-state index is 11.3. The van der Waals surface area contributed by atoms with Crippen LogP contribution in [0.2, 0.25) is 0 Å². The van der Waals surface area contributed by atoms with Crippen LogP contribution in [0.25, 0.3) is 0 Å². The molecule has 0 saturated heterocycles. The monoisotopic (exact) mass is 228 g/mol. The van der Waals surface area contributed by atoms with Gasteiger partial charge in [0, 0.05) is 13.2 Å². The Morgan fingerprint density at radius 1 is 1.50 bits per heavy atom. The van der Waals surface area contributed by atoms with Crippen LogP contribution in [-0.4, -0.2) is 42.9 Å². The van der Waals surface area contributed by atoms with Gasteiger partial charge in [-0.15, -0.1) is 0 Å². The van der Waals surface area contributed by atoms with Crippen molar-refractivity contribution in [1.82, 2.24) is 10.6 Å². The third kappa shape index (κ3) is 3.90. The summed E-state index contributed by atoms with van der Waals surface area (Å²) in [7, 11) is 1.29. The smallest absolute Gasteiger partial charge is 0.334 e. The first kappa shape index (κ1) is 12.5. The molecule has 1 atom stereocenters. The number of hydrogen-bond donors (Lipinski definition) is 3. The van der Waals surface area contributed by atoms with Crippen LogP contribution in [0.3, 0.4) is 0 Å². The molecule has 0 saturated carbocycles. The maximum atomic E-state index is 11.3. The van der Waals surface area contributed by atoms with Crippen molar-refractivity contribution in [1.29, 1.82) is 0 Å². The van der Waals surface area contributed by atoms with E-state index in [1.807, 2.05) is 12.2 Å². The summed E-state index contributed by atoms with van der Waals surface area (Å²) < 4.78 is 4.68. The molecule has 0 aromatic carbocycles. The molecule has 0 spiro atoms. The van der Waals surface area contributed by atoms with Crippen LogP contribution in [0.4, 0.5) is 4.79 Å². The highest BCUT2D eigenvalue weighted by Crippen LogP contribution is 2.08. The van der Waals surface area contributed by atoms with Gasteiger partial charge in [-0.3, -0.25) is 0 Å². The maximum Gasteiger partial charge on any atom is 0.334 e. The molecule has 6 nitrogen and oxygen atoms in total. The number of rotatable bonds is 5. The van der Waals surface area contributed by atoms with Crippen molar-refractivity contribution in [3.63, 3.8) is 0 Å². The van der Waals surface area contributed by atoms with Crippen molar-refractivity contribution in [3.8, 4) is 0 Å². The van der Waals surface area contributed by atoms with Gasteiger partial charge in [-0.25, -0.2) is 9.59 Å². The van der Waals surface area contributed by atoms with Crippen LogP contribution in [0.15, 0.2) is 12.2 Å². The predicted molar refractivity (Wildman–Crippen MR) is 57.1 cm³/mol. The van der Waals surface area contributed by atoms with Crippen molar-refractivity contribution in [3.05, 3.63) is 12.2 Å². The topological polar surface area (TPSA) is 87.7 Å². The first-order valence-electron chi connectivity index (χ1n) is 5.08. The molecular formula is C10H16N2O4. The quantitative estimate of drug-likeness (QED) is 0.582. The predicted octanol–water partition coefficient (Wildman–Crippen LogP) is 0.104. The van der Waals surface area contributed by atoms with Gasteiger partial charge >= 0.3 is 12.0 Å². The first-order chi connectivity index (χ1) is 7.63. The van der Waals surface area contributed by atoms with Crippen LogP contribution in [-0.2, 0) is 9.53 Å². The average Bonchev–Trinajstić information content (AvgIpc) is 2.70. The summed E-state index contributed by atoms with van der Waals surface area (Å²) in [5, 5.41) is 13.9. The van der Waals surface area contributed by atoms with E-state index in [2.05, 4.69) is 15.4 Å². The molecule has 0 aromatic rings. The zero-order valence-corrected chi connectivity index (χ0v) is 9.10. The van der Waals surface area contributed by atoms with E-state index < -0.39 is 12.1 Å². The van der Waals surface area contributed by atoms with Crippen molar-refractivity contribution >= 4 is 12.0 Å². The summed E-state index contributed by atoms with van der Waals surface area (Å²) in [5.74, 6) is -1.09. The molecule has 16 heavy (non-hydrogen) atoms. The first-order valence-corrected chi connectivity index (χ1v) is 5.08. The Balaban J connectivity index is 2.21. The number of urea groups is 1. The fourth-order valence-electron chi connectivity index (χ4n) is 1.43. The van der Waals surface area contributed by atoms with E-state index in [0.717, 1.165) is 12.8 Å². The van der Waals surface area contributed by atoms with Gasteiger partial charge in [0.1, 0.15) is 0 Å². The summed E-state index contributed by atoms with van der Waals surface area (Å²) in [6.07, 6.45) is 4.63. The number of carbonyl (C=O) groups is 2. The van der Waals surface area contributed by atoms with Crippen molar-refractivity contribution < 1.29 is 19.4 Å². The number of carbonyl (C=O) groups excluding carboxylic acids is 1. The Bertz CT molecular complexity index is 283. The van der Waals surface area contributed by atoms with E-state index in [9.17, 15) is 9.59 Å². The fraction of sp³-hybridized carbons (Fsp3) is 0.600. The van der Waals surface area contributed by atoms with Crippen LogP contribution in [0.5, 0.6) is 0 Å². The summed E-state index contributed by atoms with van der Waals surface area (Å²) >= 11 is 0. The minimum atomic E-state index is -1.09. The Hall–Kier alpha value is -1.56. The van der Waals surface area contributed by atoms with E-state index in [1.54, 1.807) is 0 Å². The van der Waals surface area contributed by atoms with E-state index in [1.165, 1.54) is 7.11 Å². The third-order valence-corrected chi connectivity index (χ3v) is 2.35. The lowest BCUT2D eigenvalue weighted by molar-refractivity contribution is -0.147. The number of carboxylic acids is 1. The summed E-state index contributed by atoms with van der Waals surface area (Å²) in [4.78, 5) is 21.9. The van der Waals surface area contributed by atoms with Crippen LogP contribution in [0, 0.1) is 0 Å². The third-order valence-electron chi connectivity index (χ3n) is 2.35. The number of ether oxygens (including phenoxy) is 1. The molecule has 1 rings (SSSR count). The molecule has 0 radical (unpaired) electrons. The lowest BCUT2D eigenvalue weighted by Crippen LogP contribution is -2.45. The molecule has 0 fully saturated rings. The van der Waals surface area contributed by atoms with E-state index in [-0.39, 0.29) is 18.6 Å². The highest BCUT2D eigenvalue weighted by molar-refractivity contribution is 5.77. The van der Waals surface area contributed by atoms with Gasteiger partial charge < -0.3 is 20.5 Å².